The molecule has 2 unspecified atom stereocenters. The quantitative estimate of drug-likeness (QED) is 0.540. The van der Waals surface area contributed by atoms with Crippen LogP contribution in [0.25, 0.3) is 17.4 Å². The van der Waals surface area contributed by atoms with Crippen LogP contribution in [0.1, 0.15) is 17.5 Å². The van der Waals surface area contributed by atoms with Crippen LogP contribution in [-0.2, 0) is 4.79 Å². The standard InChI is InChI=1S/C21H15Cl2N3O2S/c22-14-5-1-3-12(9-14)17-8-7-16(28-17)11-18-20(27)26-21(29-18)24-19(25-26)13-4-2-6-15(23)10-13/h1-11,19,21,24-25H/b18-11-. The molecule has 2 fully saturated rings. The Labute approximate surface area is 181 Å². The lowest BCUT2D eigenvalue weighted by molar-refractivity contribution is -0.127. The van der Waals surface area contributed by atoms with E-state index in [1.807, 2.05) is 60.7 Å². The number of amides is 1. The van der Waals surface area contributed by atoms with Crippen LogP contribution in [0, 0.1) is 0 Å². The van der Waals surface area contributed by atoms with E-state index in [0.29, 0.717) is 26.5 Å². The Morgan fingerprint density at radius 1 is 1.03 bits per heavy atom. The van der Waals surface area contributed by atoms with Crippen molar-refractivity contribution in [2.75, 3.05) is 0 Å². The molecule has 0 aliphatic carbocycles. The maximum atomic E-state index is 12.8. The molecule has 0 saturated carbocycles. The van der Waals surface area contributed by atoms with Gasteiger partial charge in [-0.2, -0.15) is 0 Å². The minimum absolute atomic E-state index is 0.0993. The molecule has 5 rings (SSSR count). The minimum atomic E-state index is -0.194. The fourth-order valence-electron chi connectivity index (χ4n) is 3.31. The first-order valence-corrected chi connectivity index (χ1v) is 10.6. The molecule has 1 amide bonds. The van der Waals surface area contributed by atoms with Crippen LogP contribution in [-0.4, -0.2) is 16.4 Å². The first-order valence-electron chi connectivity index (χ1n) is 8.92. The number of fused-ring (bicyclic) bond motifs is 1. The Balaban J connectivity index is 1.32. The fraction of sp³-hybridized carbons (Fsp3) is 0.0952. The average Bonchev–Trinajstić information content (AvgIpc) is 3.40. The van der Waals surface area contributed by atoms with Crippen LogP contribution in [0.3, 0.4) is 0 Å². The third kappa shape index (κ3) is 3.70. The van der Waals surface area contributed by atoms with E-state index < -0.39 is 0 Å². The number of furan rings is 1. The van der Waals surface area contributed by atoms with Crippen molar-refractivity contribution in [1.29, 1.82) is 0 Å². The van der Waals surface area contributed by atoms with Crippen LogP contribution in [0.5, 0.6) is 0 Å². The summed E-state index contributed by atoms with van der Waals surface area (Å²) in [6.45, 7) is 0. The zero-order chi connectivity index (χ0) is 20.0. The first kappa shape index (κ1) is 18.8. The highest BCUT2D eigenvalue weighted by Crippen LogP contribution is 2.39. The largest absolute Gasteiger partial charge is 0.457 e. The summed E-state index contributed by atoms with van der Waals surface area (Å²) in [6.07, 6.45) is 1.59. The number of hydrogen-bond donors (Lipinski definition) is 2. The highest BCUT2D eigenvalue weighted by atomic mass is 35.5. The Bertz CT molecular complexity index is 1130. The van der Waals surface area contributed by atoms with Crippen molar-refractivity contribution in [3.05, 3.63) is 86.9 Å². The maximum Gasteiger partial charge on any atom is 0.276 e. The molecule has 8 heteroatoms. The van der Waals surface area contributed by atoms with Crippen LogP contribution < -0.4 is 10.7 Å². The summed E-state index contributed by atoms with van der Waals surface area (Å²) in [4.78, 5) is 13.4. The molecule has 2 aliphatic rings. The normalized spacial score (nSPS) is 22.5. The number of carbonyl (C=O) groups excluding carboxylic acids is 1. The Kier molecular flexibility index (Phi) is 4.89. The van der Waals surface area contributed by atoms with Gasteiger partial charge in [0.1, 0.15) is 17.7 Å². The molecular weight excluding hydrogens is 429 g/mol. The fourth-order valence-corrected chi connectivity index (χ4v) is 4.79. The molecule has 3 heterocycles. The Morgan fingerprint density at radius 2 is 1.83 bits per heavy atom. The number of nitrogens with zero attached hydrogens (tertiary/aromatic N) is 1. The van der Waals surface area contributed by atoms with Crippen molar-refractivity contribution in [2.24, 2.45) is 0 Å². The number of rotatable bonds is 3. The third-order valence-electron chi connectivity index (χ3n) is 4.67. The molecule has 1 aromatic heterocycles. The van der Waals surface area contributed by atoms with E-state index in [-0.39, 0.29) is 17.6 Å². The number of hydrogen-bond acceptors (Lipinski definition) is 5. The van der Waals surface area contributed by atoms with Gasteiger partial charge in [-0.15, -0.1) is 0 Å². The molecule has 0 radical (unpaired) electrons. The number of nitrogens with one attached hydrogen (secondary N) is 2. The monoisotopic (exact) mass is 443 g/mol. The molecule has 2 saturated heterocycles. The maximum absolute atomic E-state index is 12.8. The van der Waals surface area contributed by atoms with Gasteiger partial charge in [-0.3, -0.25) is 10.1 Å². The van der Waals surface area contributed by atoms with E-state index in [2.05, 4.69) is 10.7 Å². The van der Waals surface area contributed by atoms with Crippen molar-refractivity contribution >= 4 is 46.9 Å². The first-order chi connectivity index (χ1) is 14.1. The van der Waals surface area contributed by atoms with Gasteiger partial charge in [0, 0.05) is 21.7 Å². The van der Waals surface area contributed by atoms with Gasteiger partial charge in [0.05, 0.1) is 4.91 Å². The zero-order valence-corrected chi connectivity index (χ0v) is 17.3. The number of halogens is 2. The molecule has 146 valence electrons. The van der Waals surface area contributed by atoms with Gasteiger partial charge in [0.2, 0.25) is 0 Å². The van der Waals surface area contributed by atoms with Gasteiger partial charge in [-0.1, -0.05) is 59.2 Å². The number of benzene rings is 2. The van der Waals surface area contributed by atoms with E-state index in [1.54, 1.807) is 11.1 Å². The van der Waals surface area contributed by atoms with Crippen molar-refractivity contribution in [3.63, 3.8) is 0 Å². The predicted molar refractivity (Wildman–Crippen MR) is 116 cm³/mol. The van der Waals surface area contributed by atoms with Gasteiger partial charge in [0.15, 0.2) is 5.50 Å². The molecule has 5 nitrogen and oxygen atoms in total. The van der Waals surface area contributed by atoms with Crippen molar-refractivity contribution < 1.29 is 9.21 Å². The van der Waals surface area contributed by atoms with Crippen LogP contribution in [0.15, 0.2) is 70.0 Å². The van der Waals surface area contributed by atoms with Crippen molar-refractivity contribution in [1.82, 2.24) is 15.8 Å². The van der Waals surface area contributed by atoms with E-state index in [9.17, 15) is 4.79 Å². The topological polar surface area (TPSA) is 57.5 Å². The predicted octanol–water partition coefficient (Wildman–Crippen LogP) is 5.26. The lowest BCUT2D eigenvalue weighted by Gasteiger charge is -2.14. The van der Waals surface area contributed by atoms with Gasteiger partial charge in [-0.05, 0) is 42.0 Å². The lowest BCUT2D eigenvalue weighted by Crippen LogP contribution is -2.37. The van der Waals surface area contributed by atoms with Crippen LogP contribution >= 0.6 is 35.0 Å². The van der Waals surface area contributed by atoms with Gasteiger partial charge in [-0.25, -0.2) is 10.4 Å². The van der Waals surface area contributed by atoms with E-state index in [4.69, 9.17) is 27.6 Å². The lowest BCUT2D eigenvalue weighted by atomic mass is 10.2. The SMILES string of the molecule is O=C1/C(=C/c2ccc(-c3cccc(Cl)c3)o2)SC2NC(c3cccc(Cl)c3)NN12. The van der Waals surface area contributed by atoms with E-state index >= 15 is 0 Å². The average molecular weight is 444 g/mol. The van der Waals surface area contributed by atoms with Gasteiger partial charge >= 0.3 is 0 Å². The van der Waals surface area contributed by atoms with Crippen molar-refractivity contribution in [2.45, 2.75) is 11.7 Å². The summed E-state index contributed by atoms with van der Waals surface area (Å²) in [6, 6.07) is 18.7. The van der Waals surface area contributed by atoms with Gasteiger partial charge < -0.3 is 4.42 Å². The van der Waals surface area contributed by atoms with E-state index in [0.717, 1.165) is 11.1 Å². The van der Waals surface area contributed by atoms with Crippen LogP contribution in [0.4, 0.5) is 0 Å². The number of carbonyl (C=O) groups is 1. The highest BCUT2D eigenvalue weighted by molar-refractivity contribution is 8.05. The molecule has 29 heavy (non-hydrogen) atoms. The van der Waals surface area contributed by atoms with Gasteiger partial charge in [0.25, 0.3) is 5.91 Å². The molecule has 3 aromatic rings. The Hall–Kier alpha value is -2.22. The second-order valence-corrected chi connectivity index (χ2v) is 8.65. The molecule has 0 spiro atoms. The third-order valence-corrected chi connectivity index (χ3v) is 6.26. The minimum Gasteiger partial charge on any atom is -0.457 e. The highest BCUT2D eigenvalue weighted by Gasteiger charge is 2.43. The zero-order valence-electron chi connectivity index (χ0n) is 14.9. The summed E-state index contributed by atoms with van der Waals surface area (Å²) < 4.78 is 5.89. The summed E-state index contributed by atoms with van der Waals surface area (Å²) >= 11 is 13.6. The summed E-state index contributed by atoms with van der Waals surface area (Å²) in [5.74, 6) is 1.22. The molecule has 2 aromatic carbocycles. The number of hydrazine groups is 1. The molecule has 2 N–H and O–H groups in total. The second kappa shape index (κ2) is 7.55. The molecule has 0 bridgehead atoms. The summed E-state index contributed by atoms with van der Waals surface area (Å²) in [5, 5.41) is 6.30. The Morgan fingerprint density at radius 3 is 2.59 bits per heavy atom. The molecular formula is C21H15Cl2N3O2S. The van der Waals surface area contributed by atoms with Crippen molar-refractivity contribution in [3.8, 4) is 11.3 Å². The smallest absolute Gasteiger partial charge is 0.276 e. The number of thioether (sulfide) groups is 1. The van der Waals surface area contributed by atoms with Crippen LogP contribution in [0.2, 0.25) is 10.0 Å². The molecule has 2 aliphatic heterocycles. The molecule has 2 atom stereocenters. The second-order valence-electron chi connectivity index (χ2n) is 6.65. The summed E-state index contributed by atoms with van der Waals surface area (Å²) in [5.41, 5.74) is 4.88. The van der Waals surface area contributed by atoms with E-state index in [1.165, 1.54) is 11.8 Å². The summed E-state index contributed by atoms with van der Waals surface area (Å²) in [7, 11) is 0.